The van der Waals surface area contributed by atoms with Crippen LogP contribution >= 0.6 is 0 Å². The fourth-order valence-electron chi connectivity index (χ4n) is 3.96. The fraction of sp³-hybridized carbons (Fsp3) is 0.824. The predicted octanol–water partition coefficient (Wildman–Crippen LogP) is 3.27. The summed E-state index contributed by atoms with van der Waals surface area (Å²) in [5.41, 5.74) is 0. The molecule has 0 radical (unpaired) electrons. The zero-order valence-electron chi connectivity index (χ0n) is 13.6. The molecule has 0 aromatic carbocycles. The summed E-state index contributed by atoms with van der Waals surface area (Å²) in [6.45, 7) is 2.74. The summed E-state index contributed by atoms with van der Waals surface area (Å²) in [7, 11) is 0. The Hall–Kier alpha value is -1.39. The van der Waals surface area contributed by atoms with Crippen molar-refractivity contribution < 1.29 is 9.32 Å². The Morgan fingerprint density at radius 1 is 1.23 bits per heavy atom. The summed E-state index contributed by atoms with van der Waals surface area (Å²) < 4.78 is 5.01. The molecule has 2 heterocycles. The van der Waals surface area contributed by atoms with Gasteiger partial charge in [-0.05, 0) is 38.0 Å². The second-order valence-electron chi connectivity index (χ2n) is 6.86. The van der Waals surface area contributed by atoms with Crippen LogP contribution in [0, 0.1) is 12.8 Å². The largest absolute Gasteiger partial charge is 0.340 e. The van der Waals surface area contributed by atoms with Gasteiger partial charge < -0.3 is 9.42 Å². The SMILES string of the molecule is Cc1nc(CCC2CCCN2C(=O)CC2CCCCC2)no1. The number of aromatic nitrogens is 2. The highest BCUT2D eigenvalue weighted by atomic mass is 16.5. The number of amides is 1. The van der Waals surface area contributed by atoms with Crippen LogP contribution in [0.5, 0.6) is 0 Å². The maximum Gasteiger partial charge on any atom is 0.223 e. The molecule has 0 bridgehead atoms. The number of hydrogen-bond donors (Lipinski definition) is 0. The molecule has 5 nitrogen and oxygen atoms in total. The lowest BCUT2D eigenvalue weighted by Gasteiger charge is -2.28. The van der Waals surface area contributed by atoms with Crippen LogP contribution in [0.4, 0.5) is 0 Å². The summed E-state index contributed by atoms with van der Waals surface area (Å²) in [5, 5.41) is 3.95. The molecule has 0 N–H and O–H groups in total. The zero-order chi connectivity index (χ0) is 15.4. The fourth-order valence-corrected chi connectivity index (χ4v) is 3.96. The molecule has 122 valence electrons. The van der Waals surface area contributed by atoms with Gasteiger partial charge >= 0.3 is 0 Å². The highest BCUT2D eigenvalue weighted by molar-refractivity contribution is 5.77. The summed E-state index contributed by atoms with van der Waals surface area (Å²) in [5.74, 6) is 2.39. The standard InChI is InChI=1S/C17H27N3O2/c1-13-18-16(19-22-13)10-9-15-8-5-11-20(15)17(21)12-14-6-3-2-4-7-14/h14-15H,2-12H2,1H3. The molecular formula is C17H27N3O2. The third-order valence-corrected chi connectivity index (χ3v) is 5.16. The molecule has 3 rings (SSSR count). The van der Waals surface area contributed by atoms with Gasteiger partial charge in [-0.15, -0.1) is 0 Å². The summed E-state index contributed by atoms with van der Waals surface area (Å²) in [6.07, 6.45) is 11.2. The van der Waals surface area contributed by atoms with Gasteiger partial charge in [-0.2, -0.15) is 4.98 Å². The van der Waals surface area contributed by atoms with E-state index >= 15 is 0 Å². The minimum atomic E-state index is 0.370. The molecule has 0 spiro atoms. The van der Waals surface area contributed by atoms with Crippen molar-refractivity contribution in [2.75, 3.05) is 6.54 Å². The molecule has 1 atom stereocenters. The van der Waals surface area contributed by atoms with E-state index < -0.39 is 0 Å². The molecular weight excluding hydrogens is 278 g/mol. The second-order valence-corrected chi connectivity index (χ2v) is 6.86. The van der Waals surface area contributed by atoms with Crippen molar-refractivity contribution >= 4 is 5.91 Å². The Balaban J connectivity index is 1.49. The van der Waals surface area contributed by atoms with Gasteiger partial charge in [0.15, 0.2) is 5.82 Å². The second kappa shape index (κ2) is 7.25. The normalized spacial score (nSPS) is 23.1. The van der Waals surface area contributed by atoms with Crippen molar-refractivity contribution in [3.63, 3.8) is 0 Å². The van der Waals surface area contributed by atoms with Gasteiger partial charge in [0.1, 0.15) is 0 Å². The molecule has 2 aliphatic rings. The highest BCUT2D eigenvalue weighted by Gasteiger charge is 2.30. The number of nitrogens with zero attached hydrogens (tertiary/aromatic N) is 3. The number of aryl methyl sites for hydroxylation is 2. The molecule has 1 aromatic rings. The summed E-state index contributed by atoms with van der Waals surface area (Å²) in [6, 6.07) is 0.370. The lowest BCUT2D eigenvalue weighted by Crippen LogP contribution is -2.37. The number of rotatable bonds is 5. The lowest BCUT2D eigenvalue weighted by molar-refractivity contribution is -0.133. The van der Waals surface area contributed by atoms with Crippen molar-refractivity contribution in [2.24, 2.45) is 5.92 Å². The van der Waals surface area contributed by atoms with E-state index in [2.05, 4.69) is 15.0 Å². The zero-order valence-corrected chi connectivity index (χ0v) is 13.6. The summed E-state index contributed by atoms with van der Waals surface area (Å²) in [4.78, 5) is 19.0. The highest BCUT2D eigenvalue weighted by Crippen LogP contribution is 2.29. The van der Waals surface area contributed by atoms with Crippen LogP contribution in [0.3, 0.4) is 0 Å². The van der Waals surface area contributed by atoms with Crippen LogP contribution < -0.4 is 0 Å². The minimum Gasteiger partial charge on any atom is -0.340 e. The van der Waals surface area contributed by atoms with E-state index in [0.29, 0.717) is 23.8 Å². The maximum atomic E-state index is 12.6. The van der Waals surface area contributed by atoms with Gasteiger partial charge in [0.05, 0.1) is 0 Å². The average Bonchev–Trinajstić information content (AvgIpc) is 3.15. The first-order valence-corrected chi connectivity index (χ1v) is 8.81. The van der Waals surface area contributed by atoms with E-state index in [1.54, 1.807) is 0 Å². The molecule has 1 saturated carbocycles. The maximum absolute atomic E-state index is 12.6. The van der Waals surface area contributed by atoms with Crippen LogP contribution in [0.15, 0.2) is 4.52 Å². The van der Waals surface area contributed by atoms with Crippen LogP contribution in [0.1, 0.15) is 69.5 Å². The molecule has 1 unspecified atom stereocenters. The smallest absolute Gasteiger partial charge is 0.223 e. The van der Waals surface area contributed by atoms with Gasteiger partial charge in [0.2, 0.25) is 11.8 Å². The van der Waals surface area contributed by atoms with Crippen LogP contribution in [0.25, 0.3) is 0 Å². The van der Waals surface area contributed by atoms with E-state index in [0.717, 1.165) is 44.5 Å². The Morgan fingerprint density at radius 2 is 2.05 bits per heavy atom. The van der Waals surface area contributed by atoms with Crippen LogP contribution in [-0.4, -0.2) is 33.5 Å². The molecule has 2 fully saturated rings. The first kappa shape index (κ1) is 15.5. The number of carbonyl (C=O) groups is 1. The predicted molar refractivity (Wildman–Crippen MR) is 83.3 cm³/mol. The third kappa shape index (κ3) is 3.87. The van der Waals surface area contributed by atoms with Crippen molar-refractivity contribution in [2.45, 2.75) is 77.2 Å². The van der Waals surface area contributed by atoms with Gasteiger partial charge in [-0.1, -0.05) is 24.4 Å². The molecule has 1 amide bonds. The Morgan fingerprint density at radius 3 is 2.77 bits per heavy atom. The number of carbonyl (C=O) groups excluding carboxylic acids is 1. The Bertz CT molecular complexity index is 494. The van der Waals surface area contributed by atoms with Crippen molar-refractivity contribution in [3.8, 4) is 0 Å². The van der Waals surface area contributed by atoms with Crippen LogP contribution in [0.2, 0.25) is 0 Å². The molecule has 1 aromatic heterocycles. The Labute approximate surface area is 132 Å². The number of likely N-dealkylation sites (tertiary alicyclic amines) is 1. The van der Waals surface area contributed by atoms with Gasteiger partial charge in [0.25, 0.3) is 0 Å². The van der Waals surface area contributed by atoms with Gasteiger partial charge in [-0.25, -0.2) is 0 Å². The average molecular weight is 305 g/mol. The molecule has 1 aliphatic carbocycles. The number of hydrogen-bond acceptors (Lipinski definition) is 4. The molecule has 1 saturated heterocycles. The topological polar surface area (TPSA) is 59.2 Å². The first-order chi connectivity index (χ1) is 10.7. The van der Waals surface area contributed by atoms with E-state index in [1.165, 1.54) is 32.1 Å². The van der Waals surface area contributed by atoms with Gasteiger partial charge in [0, 0.05) is 32.4 Å². The summed E-state index contributed by atoms with van der Waals surface area (Å²) >= 11 is 0. The quantitative estimate of drug-likeness (QED) is 0.837. The van der Waals surface area contributed by atoms with Crippen molar-refractivity contribution in [1.29, 1.82) is 0 Å². The van der Waals surface area contributed by atoms with E-state index in [1.807, 2.05) is 6.92 Å². The van der Waals surface area contributed by atoms with Gasteiger partial charge in [-0.3, -0.25) is 4.79 Å². The monoisotopic (exact) mass is 305 g/mol. The molecule has 1 aliphatic heterocycles. The van der Waals surface area contributed by atoms with E-state index in [9.17, 15) is 4.79 Å². The third-order valence-electron chi connectivity index (χ3n) is 5.16. The molecule has 22 heavy (non-hydrogen) atoms. The van der Waals surface area contributed by atoms with Crippen molar-refractivity contribution in [1.82, 2.24) is 15.0 Å². The minimum absolute atomic E-state index is 0.370. The van der Waals surface area contributed by atoms with E-state index in [4.69, 9.17) is 4.52 Å². The van der Waals surface area contributed by atoms with Crippen molar-refractivity contribution in [3.05, 3.63) is 11.7 Å². The van der Waals surface area contributed by atoms with Crippen LogP contribution in [-0.2, 0) is 11.2 Å². The van der Waals surface area contributed by atoms with E-state index in [-0.39, 0.29) is 0 Å². The lowest BCUT2D eigenvalue weighted by atomic mass is 9.86. The molecule has 5 heteroatoms. The Kier molecular flexibility index (Phi) is 5.11. The first-order valence-electron chi connectivity index (χ1n) is 8.81.